The highest BCUT2D eigenvalue weighted by Crippen LogP contribution is 2.19. The number of hydrogen-bond acceptors (Lipinski definition) is 7. The van der Waals surface area contributed by atoms with Crippen molar-refractivity contribution in [1.82, 2.24) is 5.16 Å². The normalized spacial score (nSPS) is 11.0. The predicted octanol–water partition coefficient (Wildman–Crippen LogP) is 2.71. The number of H-pyrrole nitrogens is 1. The first kappa shape index (κ1) is 15.6. The van der Waals surface area contributed by atoms with E-state index in [9.17, 15) is 9.59 Å². The molecule has 2 aromatic rings. The zero-order valence-electron chi connectivity index (χ0n) is 12.2. The fourth-order valence-electron chi connectivity index (χ4n) is 1.66. The van der Waals surface area contributed by atoms with Crippen LogP contribution < -0.4 is 5.63 Å². The van der Waals surface area contributed by atoms with Crippen molar-refractivity contribution in [1.29, 1.82) is 0 Å². The standard InChI is InChI=1S/C14H15N3O5/c1-3-21-13(18)9-4-6-10(7-5-9)15-16-12-11(8-20-2)17-22-14(12)19/h4-7,17H,3,8H2,1-2H3. The van der Waals surface area contributed by atoms with Crippen LogP contribution in [0.2, 0.25) is 0 Å². The van der Waals surface area contributed by atoms with Crippen molar-refractivity contribution in [3.8, 4) is 0 Å². The highest BCUT2D eigenvalue weighted by molar-refractivity contribution is 5.89. The smallest absolute Gasteiger partial charge is 0.385 e. The number of nitrogens with zero attached hydrogens (tertiary/aromatic N) is 2. The maximum Gasteiger partial charge on any atom is 0.385 e. The Labute approximate surface area is 125 Å². The van der Waals surface area contributed by atoms with Gasteiger partial charge in [-0.15, -0.1) is 5.11 Å². The molecule has 0 saturated heterocycles. The first-order valence-electron chi connectivity index (χ1n) is 6.54. The Morgan fingerprint density at radius 3 is 2.64 bits per heavy atom. The molecule has 0 aliphatic carbocycles. The van der Waals surface area contributed by atoms with Crippen LogP contribution in [0.15, 0.2) is 43.8 Å². The minimum absolute atomic E-state index is 0.0521. The maximum atomic E-state index is 11.5. The van der Waals surface area contributed by atoms with Crippen molar-refractivity contribution < 1.29 is 18.8 Å². The summed E-state index contributed by atoms with van der Waals surface area (Å²) in [5, 5.41) is 10.2. The number of aromatic amines is 1. The second-order valence-electron chi connectivity index (χ2n) is 4.22. The van der Waals surface area contributed by atoms with Crippen molar-refractivity contribution in [2.75, 3.05) is 13.7 Å². The van der Waals surface area contributed by atoms with Gasteiger partial charge in [0.15, 0.2) is 5.69 Å². The van der Waals surface area contributed by atoms with E-state index in [1.807, 2.05) is 0 Å². The zero-order chi connectivity index (χ0) is 15.9. The predicted molar refractivity (Wildman–Crippen MR) is 76.6 cm³/mol. The highest BCUT2D eigenvalue weighted by Gasteiger charge is 2.11. The number of hydrogen-bond donors (Lipinski definition) is 1. The van der Waals surface area contributed by atoms with Crippen molar-refractivity contribution in [3.05, 3.63) is 45.9 Å². The molecule has 22 heavy (non-hydrogen) atoms. The summed E-state index contributed by atoms with van der Waals surface area (Å²) in [4.78, 5) is 23.0. The molecule has 0 fully saturated rings. The Balaban J connectivity index is 2.15. The largest absolute Gasteiger partial charge is 0.462 e. The lowest BCUT2D eigenvalue weighted by Gasteiger charge is -2.01. The van der Waals surface area contributed by atoms with Crippen LogP contribution in [0.3, 0.4) is 0 Å². The average molecular weight is 305 g/mol. The summed E-state index contributed by atoms with van der Waals surface area (Å²) >= 11 is 0. The number of azo groups is 1. The SMILES string of the molecule is CCOC(=O)c1ccc(N=Nc2c(COC)[nH]oc2=O)cc1. The quantitative estimate of drug-likeness (QED) is 0.652. The number of esters is 1. The summed E-state index contributed by atoms with van der Waals surface area (Å²) in [6, 6.07) is 6.34. The van der Waals surface area contributed by atoms with Gasteiger partial charge in [0.25, 0.3) is 0 Å². The van der Waals surface area contributed by atoms with Crippen molar-refractivity contribution >= 4 is 17.3 Å². The van der Waals surface area contributed by atoms with Crippen molar-refractivity contribution in [3.63, 3.8) is 0 Å². The van der Waals surface area contributed by atoms with Gasteiger partial charge >= 0.3 is 11.6 Å². The molecule has 1 heterocycles. The van der Waals surface area contributed by atoms with E-state index in [1.165, 1.54) is 7.11 Å². The lowest BCUT2D eigenvalue weighted by molar-refractivity contribution is 0.0526. The van der Waals surface area contributed by atoms with E-state index in [-0.39, 0.29) is 12.3 Å². The van der Waals surface area contributed by atoms with Gasteiger partial charge in [-0.1, -0.05) is 0 Å². The van der Waals surface area contributed by atoms with Gasteiger partial charge in [0.05, 0.1) is 24.5 Å². The summed E-state index contributed by atoms with van der Waals surface area (Å²) in [6.07, 6.45) is 0. The molecular formula is C14H15N3O5. The van der Waals surface area contributed by atoms with E-state index in [0.29, 0.717) is 23.6 Å². The number of nitrogens with one attached hydrogen (secondary N) is 1. The Kier molecular flexibility index (Phi) is 5.21. The van der Waals surface area contributed by atoms with E-state index in [0.717, 1.165) is 0 Å². The molecule has 116 valence electrons. The van der Waals surface area contributed by atoms with Gasteiger partial charge in [0.2, 0.25) is 0 Å². The maximum absolute atomic E-state index is 11.5. The number of carbonyl (C=O) groups is 1. The van der Waals surface area contributed by atoms with E-state index in [2.05, 4.69) is 19.9 Å². The molecule has 1 aromatic carbocycles. The molecule has 1 aromatic heterocycles. The third-order valence-corrected chi connectivity index (χ3v) is 2.68. The number of aromatic nitrogens is 1. The average Bonchev–Trinajstić information content (AvgIpc) is 2.87. The number of carbonyl (C=O) groups excluding carboxylic acids is 1. The fourth-order valence-corrected chi connectivity index (χ4v) is 1.66. The minimum atomic E-state index is -0.626. The molecule has 0 aliphatic heterocycles. The third kappa shape index (κ3) is 3.67. The summed E-state index contributed by atoms with van der Waals surface area (Å²) in [5.74, 6) is -0.403. The number of ether oxygens (including phenoxy) is 2. The van der Waals surface area contributed by atoms with Gasteiger partial charge in [0, 0.05) is 7.11 Å². The summed E-state index contributed by atoms with van der Waals surface area (Å²) in [7, 11) is 1.49. The van der Waals surface area contributed by atoms with Gasteiger partial charge < -0.3 is 14.0 Å². The fraction of sp³-hybridized carbons (Fsp3) is 0.286. The second-order valence-corrected chi connectivity index (χ2v) is 4.22. The van der Waals surface area contributed by atoms with Crippen LogP contribution in [0.1, 0.15) is 23.0 Å². The summed E-state index contributed by atoms with van der Waals surface area (Å²) in [5.41, 5.74) is 0.730. The monoisotopic (exact) mass is 305 g/mol. The molecule has 2 rings (SSSR count). The Morgan fingerprint density at radius 2 is 2.00 bits per heavy atom. The first-order chi connectivity index (χ1) is 10.7. The number of rotatable bonds is 6. The lowest BCUT2D eigenvalue weighted by Crippen LogP contribution is -2.03. The van der Waals surface area contributed by atoms with Crippen molar-refractivity contribution in [2.24, 2.45) is 10.2 Å². The molecule has 8 nitrogen and oxygen atoms in total. The molecule has 0 aliphatic rings. The van der Waals surface area contributed by atoms with Crippen molar-refractivity contribution in [2.45, 2.75) is 13.5 Å². The number of methoxy groups -OCH3 is 1. The van der Waals surface area contributed by atoms with Crippen LogP contribution in [0.4, 0.5) is 11.4 Å². The van der Waals surface area contributed by atoms with Crippen LogP contribution in [0, 0.1) is 0 Å². The topological polar surface area (TPSA) is 106 Å². The molecule has 0 atom stereocenters. The Morgan fingerprint density at radius 1 is 1.27 bits per heavy atom. The molecule has 0 unspecified atom stereocenters. The number of benzene rings is 1. The Hall–Kier alpha value is -2.74. The summed E-state index contributed by atoms with van der Waals surface area (Å²) < 4.78 is 14.4. The zero-order valence-corrected chi connectivity index (χ0v) is 12.2. The Bertz CT molecular complexity index is 715. The first-order valence-corrected chi connectivity index (χ1v) is 6.54. The second kappa shape index (κ2) is 7.32. The van der Waals surface area contributed by atoms with Gasteiger partial charge in [-0.25, -0.2) is 14.7 Å². The van der Waals surface area contributed by atoms with Crippen LogP contribution in [0.5, 0.6) is 0 Å². The van der Waals surface area contributed by atoms with Crippen LogP contribution >= 0.6 is 0 Å². The molecule has 0 radical (unpaired) electrons. The van der Waals surface area contributed by atoms with Gasteiger partial charge in [-0.3, -0.25) is 0 Å². The van der Waals surface area contributed by atoms with Gasteiger partial charge in [-0.05, 0) is 31.2 Å². The van der Waals surface area contributed by atoms with Crippen LogP contribution in [-0.2, 0) is 16.1 Å². The molecule has 1 N–H and O–H groups in total. The van der Waals surface area contributed by atoms with E-state index in [1.54, 1.807) is 31.2 Å². The summed E-state index contributed by atoms with van der Waals surface area (Å²) in [6.45, 7) is 2.20. The minimum Gasteiger partial charge on any atom is -0.462 e. The molecule has 8 heteroatoms. The van der Waals surface area contributed by atoms with Gasteiger partial charge in [0.1, 0.15) is 5.69 Å². The van der Waals surface area contributed by atoms with E-state index < -0.39 is 11.6 Å². The highest BCUT2D eigenvalue weighted by atomic mass is 16.5. The van der Waals surface area contributed by atoms with Crippen LogP contribution in [0.25, 0.3) is 0 Å². The van der Waals surface area contributed by atoms with E-state index >= 15 is 0 Å². The lowest BCUT2D eigenvalue weighted by atomic mass is 10.2. The molecule has 0 spiro atoms. The molecule has 0 amide bonds. The molecular weight excluding hydrogens is 290 g/mol. The molecule has 0 bridgehead atoms. The van der Waals surface area contributed by atoms with Gasteiger partial charge in [-0.2, -0.15) is 5.11 Å². The van der Waals surface area contributed by atoms with Crippen LogP contribution in [-0.4, -0.2) is 24.8 Å². The molecule has 0 saturated carbocycles. The van der Waals surface area contributed by atoms with E-state index in [4.69, 9.17) is 9.47 Å². The third-order valence-electron chi connectivity index (χ3n) is 2.68.